The Kier molecular flexibility index (Phi) is 3.11. The molecule has 12 heavy (non-hydrogen) atoms. The zero-order chi connectivity index (χ0) is 8.97. The Morgan fingerprint density at radius 1 is 1.67 bits per heavy atom. The fourth-order valence-electron chi connectivity index (χ4n) is 1.07. The third kappa shape index (κ3) is 2.24. The van der Waals surface area contributed by atoms with Gasteiger partial charge in [-0.05, 0) is 31.1 Å². The zero-order valence-electron chi connectivity index (χ0n) is 7.62. The molecule has 0 amide bonds. The van der Waals surface area contributed by atoms with Crippen LogP contribution in [0.5, 0.6) is 0 Å². The molecule has 66 valence electrons. The molecular formula is C10H15NO. The number of hydrogen-bond donors (Lipinski definition) is 1. The van der Waals surface area contributed by atoms with E-state index in [1.165, 1.54) is 0 Å². The fourth-order valence-corrected chi connectivity index (χ4v) is 1.07. The first-order valence-electron chi connectivity index (χ1n) is 4.20. The van der Waals surface area contributed by atoms with E-state index in [0.717, 1.165) is 17.7 Å². The molecule has 2 heteroatoms. The summed E-state index contributed by atoms with van der Waals surface area (Å²) in [5, 5.41) is 8.78. The van der Waals surface area contributed by atoms with Gasteiger partial charge in [-0.2, -0.15) is 0 Å². The van der Waals surface area contributed by atoms with Crippen LogP contribution in [0.15, 0.2) is 24.0 Å². The lowest BCUT2D eigenvalue weighted by molar-refractivity contribution is 0.332. The lowest BCUT2D eigenvalue weighted by Gasteiger charge is -1.93. The van der Waals surface area contributed by atoms with Crippen molar-refractivity contribution >= 4 is 6.08 Å². The molecule has 1 aromatic heterocycles. The van der Waals surface area contributed by atoms with Crippen molar-refractivity contribution in [2.45, 2.75) is 20.4 Å². The molecule has 0 aromatic carbocycles. The summed E-state index contributed by atoms with van der Waals surface area (Å²) in [7, 11) is 0. The van der Waals surface area contributed by atoms with Crippen LogP contribution >= 0.6 is 0 Å². The van der Waals surface area contributed by atoms with Gasteiger partial charge in [0.25, 0.3) is 0 Å². The van der Waals surface area contributed by atoms with Gasteiger partial charge in [-0.15, -0.1) is 0 Å². The molecule has 1 rings (SSSR count). The van der Waals surface area contributed by atoms with E-state index in [9.17, 15) is 0 Å². The van der Waals surface area contributed by atoms with Gasteiger partial charge in [-0.25, -0.2) is 0 Å². The number of rotatable bonds is 3. The smallest absolute Gasteiger partial charge is 0.0642 e. The van der Waals surface area contributed by atoms with Gasteiger partial charge >= 0.3 is 0 Å². The average molecular weight is 165 g/mol. The van der Waals surface area contributed by atoms with Gasteiger partial charge in [0.15, 0.2) is 0 Å². The van der Waals surface area contributed by atoms with Gasteiger partial charge in [-0.3, -0.25) is 0 Å². The third-order valence-corrected chi connectivity index (χ3v) is 1.80. The number of aryl methyl sites for hydroxylation is 1. The van der Waals surface area contributed by atoms with Crippen molar-refractivity contribution in [3.63, 3.8) is 0 Å². The Morgan fingerprint density at radius 2 is 2.42 bits per heavy atom. The average Bonchev–Trinajstić information content (AvgIpc) is 2.52. The highest BCUT2D eigenvalue weighted by Gasteiger charge is 1.92. The molecular weight excluding hydrogens is 150 g/mol. The number of aliphatic hydroxyl groups is 1. The predicted molar refractivity (Wildman–Crippen MR) is 50.8 cm³/mol. The molecule has 1 N–H and O–H groups in total. The Balaban J connectivity index is 2.76. The standard InChI is InChI=1S/C10H15NO/c1-3-11-5-4-10(7-11)6-9(2)8-12/h4-7,12H,3,8H2,1-2H3. The minimum Gasteiger partial charge on any atom is -0.392 e. The lowest BCUT2D eigenvalue weighted by Crippen LogP contribution is -1.87. The van der Waals surface area contributed by atoms with Crippen molar-refractivity contribution in [3.05, 3.63) is 29.6 Å². The van der Waals surface area contributed by atoms with Gasteiger partial charge < -0.3 is 9.67 Å². The molecule has 0 bridgehead atoms. The maximum Gasteiger partial charge on any atom is 0.0642 e. The number of nitrogens with zero attached hydrogens (tertiary/aromatic N) is 1. The van der Waals surface area contributed by atoms with E-state index in [1.54, 1.807) is 0 Å². The molecule has 0 spiro atoms. The molecule has 0 aliphatic heterocycles. The second-order valence-electron chi connectivity index (χ2n) is 2.92. The Labute approximate surface area is 73.1 Å². The molecule has 0 aliphatic carbocycles. The highest BCUT2D eigenvalue weighted by Crippen LogP contribution is 2.06. The Hall–Kier alpha value is -1.02. The molecule has 0 saturated heterocycles. The minimum absolute atomic E-state index is 0.136. The van der Waals surface area contributed by atoms with Gasteiger partial charge in [-0.1, -0.05) is 6.08 Å². The van der Waals surface area contributed by atoms with E-state index in [4.69, 9.17) is 5.11 Å². The normalized spacial score (nSPS) is 12.1. The van der Waals surface area contributed by atoms with E-state index in [1.807, 2.05) is 25.3 Å². The van der Waals surface area contributed by atoms with Gasteiger partial charge in [0.2, 0.25) is 0 Å². The summed E-state index contributed by atoms with van der Waals surface area (Å²) in [5.74, 6) is 0. The van der Waals surface area contributed by atoms with Crippen LogP contribution in [0, 0.1) is 0 Å². The van der Waals surface area contributed by atoms with Gasteiger partial charge in [0, 0.05) is 18.9 Å². The van der Waals surface area contributed by atoms with E-state index in [0.29, 0.717) is 0 Å². The van der Waals surface area contributed by atoms with E-state index in [-0.39, 0.29) is 6.61 Å². The second-order valence-corrected chi connectivity index (χ2v) is 2.92. The number of aromatic nitrogens is 1. The van der Waals surface area contributed by atoms with Crippen molar-refractivity contribution in [2.75, 3.05) is 6.61 Å². The lowest BCUT2D eigenvalue weighted by atomic mass is 10.2. The van der Waals surface area contributed by atoms with Crippen molar-refractivity contribution in [2.24, 2.45) is 0 Å². The van der Waals surface area contributed by atoms with Crippen LogP contribution in [0.1, 0.15) is 19.4 Å². The highest BCUT2D eigenvalue weighted by molar-refractivity contribution is 5.51. The summed E-state index contributed by atoms with van der Waals surface area (Å²) in [6.07, 6.45) is 6.10. The zero-order valence-corrected chi connectivity index (χ0v) is 7.62. The molecule has 0 aliphatic rings. The van der Waals surface area contributed by atoms with Crippen LogP contribution in [0.25, 0.3) is 6.08 Å². The van der Waals surface area contributed by atoms with Crippen molar-refractivity contribution in [1.29, 1.82) is 0 Å². The molecule has 1 aromatic rings. The predicted octanol–water partition coefficient (Wildman–Crippen LogP) is 1.90. The molecule has 0 radical (unpaired) electrons. The molecule has 0 atom stereocenters. The van der Waals surface area contributed by atoms with Crippen LogP contribution < -0.4 is 0 Å². The Bertz CT molecular complexity index is 273. The van der Waals surface area contributed by atoms with Crippen molar-refractivity contribution < 1.29 is 5.11 Å². The van der Waals surface area contributed by atoms with Crippen LogP contribution in [0.2, 0.25) is 0 Å². The van der Waals surface area contributed by atoms with Crippen LogP contribution in [-0.2, 0) is 6.54 Å². The Morgan fingerprint density at radius 3 is 2.92 bits per heavy atom. The molecule has 2 nitrogen and oxygen atoms in total. The SMILES string of the molecule is CCn1ccc(C=C(C)CO)c1. The van der Waals surface area contributed by atoms with E-state index >= 15 is 0 Å². The summed E-state index contributed by atoms with van der Waals surface area (Å²) in [4.78, 5) is 0. The topological polar surface area (TPSA) is 25.2 Å². The monoisotopic (exact) mass is 165 g/mol. The highest BCUT2D eigenvalue weighted by atomic mass is 16.3. The van der Waals surface area contributed by atoms with Crippen molar-refractivity contribution in [3.8, 4) is 0 Å². The maximum absolute atomic E-state index is 8.78. The van der Waals surface area contributed by atoms with Crippen LogP contribution in [0.3, 0.4) is 0 Å². The molecule has 1 heterocycles. The largest absolute Gasteiger partial charge is 0.392 e. The van der Waals surface area contributed by atoms with E-state index in [2.05, 4.69) is 17.7 Å². The van der Waals surface area contributed by atoms with Crippen LogP contribution in [0.4, 0.5) is 0 Å². The maximum atomic E-state index is 8.78. The summed E-state index contributed by atoms with van der Waals surface area (Å²) >= 11 is 0. The second kappa shape index (κ2) is 4.12. The summed E-state index contributed by atoms with van der Waals surface area (Å²) in [6.45, 7) is 5.15. The molecule has 0 unspecified atom stereocenters. The first kappa shape index (κ1) is 9.07. The summed E-state index contributed by atoms with van der Waals surface area (Å²) in [6, 6.07) is 2.04. The number of aliphatic hydroxyl groups excluding tert-OH is 1. The third-order valence-electron chi connectivity index (χ3n) is 1.80. The quantitative estimate of drug-likeness (QED) is 0.727. The van der Waals surface area contributed by atoms with Crippen molar-refractivity contribution in [1.82, 2.24) is 4.57 Å². The summed E-state index contributed by atoms with van der Waals surface area (Å²) in [5.41, 5.74) is 2.15. The van der Waals surface area contributed by atoms with Gasteiger partial charge in [0.05, 0.1) is 6.61 Å². The fraction of sp³-hybridized carbons (Fsp3) is 0.400. The first-order chi connectivity index (χ1) is 5.76. The molecule has 0 saturated carbocycles. The summed E-state index contributed by atoms with van der Waals surface area (Å²) < 4.78 is 2.11. The van der Waals surface area contributed by atoms with Crippen LogP contribution in [-0.4, -0.2) is 16.3 Å². The van der Waals surface area contributed by atoms with Gasteiger partial charge in [0.1, 0.15) is 0 Å². The van der Waals surface area contributed by atoms with E-state index < -0.39 is 0 Å². The molecule has 0 fully saturated rings. The first-order valence-corrected chi connectivity index (χ1v) is 4.20. The minimum atomic E-state index is 0.136. The number of hydrogen-bond acceptors (Lipinski definition) is 1.